The normalized spacial score (nSPS) is 36.6. The number of hydrazine groups is 1. The molecule has 4 unspecified atom stereocenters. The molecule has 1 aliphatic heterocycles. The number of amidine groups is 1. The lowest BCUT2D eigenvalue weighted by Crippen LogP contribution is -2.42. The Morgan fingerprint density at radius 2 is 1.75 bits per heavy atom. The molecule has 1 fully saturated rings. The second kappa shape index (κ2) is 4.72. The van der Waals surface area contributed by atoms with Crippen molar-refractivity contribution in [2.45, 2.75) is 59.3 Å². The van der Waals surface area contributed by atoms with Gasteiger partial charge in [-0.05, 0) is 40.5 Å². The highest BCUT2D eigenvalue weighted by atomic mass is 16.5. The molecule has 0 aromatic rings. The summed E-state index contributed by atoms with van der Waals surface area (Å²) in [5, 5.41) is 0. The van der Waals surface area contributed by atoms with Crippen molar-refractivity contribution in [1.82, 2.24) is 5.43 Å². The van der Waals surface area contributed by atoms with E-state index in [0.29, 0.717) is 5.92 Å². The molecule has 1 heterocycles. The number of aliphatic imine (C=N–C) groups is 1. The highest BCUT2D eigenvalue weighted by Crippen LogP contribution is 2.33. The van der Waals surface area contributed by atoms with Crippen LogP contribution in [0.2, 0.25) is 0 Å². The predicted molar refractivity (Wildman–Crippen MR) is 67.2 cm³/mol. The van der Waals surface area contributed by atoms with Crippen LogP contribution in [0.15, 0.2) is 4.99 Å². The first-order valence-electron chi connectivity index (χ1n) is 5.98. The van der Waals surface area contributed by atoms with Gasteiger partial charge in [0.1, 0.15) is 5.84 Å². The molecule has 16 heavy (non-hydrogen) atoms. The average molecular weight is 227 g/mol. The molecule has 4 nitrogen and oxygen atoms in total. The minimum absolute atomic E-state index is 0.118. The van der Waals surface area contributed by atoms with Crippen molar-refractivity contribution < 1.29 is 4.74 Å². The maximum Gasteiger partial charge on any atom is 0.117 e. The smallest absolute Gasteiger partial charge is 0.117 e. The summed E-state index contributed by atoms with van der Waals surface area (Å²) in [6, 6.07) is 0. The van der Waals surface area contributed by atoms with Gasteiger partial charge in [-0.1, -0.05) is 6.92 Å². The zero-order valence-corrected chi connectivity index (χ0v) is 11.2. The number of ether oxygens (including phenoxy) is 1. The summed E-state index contributed by atoms with van der Waals surface area (Å²) in [4.78, 5) is 4.65. The van der Waals surface area contributed by atoms with E-state index < -0.39 is 0 Å². The molecule has 1 rings (SSSR count). The van der Waals surface area contributed by atoms with E-state index in [0.717, 1.165) is 5.84 Å². The highest BCUT2D eigenvalue weighted by molar-refractivity contribution is 5.85. The largest absolute Gasteiger partial charge is 0.374 e. The van der Waals surface area contributed by atoms with Crippen LogP contribution in [0, 0.1) is 11.8 Å². The second-order valence-electron chi connectivity index (χ2n) is 5.74. The molecule has 0 radical (unpaired) electrons. The molecule has 0 aliphatic carbocycles. The number of hydrogen-bond acceptors (Lipinski definition) is 3. The van der Waals surface area contributed by atoms with Crippen LogP contribution in [-0.2, 0) is 4.74 Å². The fraction of sp³-hybridized carbons (Fsp3) is 0.917. The number of hydrogen-bond donors (Lipinski definition) is 2. The van der Waals surface area contributed by atoms with E-state index >= 15 is 0 Å². The zero-order chi connectivity index (χ0) is 12.5. The van der Waals surface area contributed by atoms with Gasteiger partial charge in [0.15, 0.2) is 0 Å². The first-order valence-corrected chi connectivity index (χ1v) is 5.98. The van der Waals surface area contributed by atoms with Crippen LogP contribution in [-0.4, -0.2) is 23.6 Å². The zero-order valence-electron chi connectivity index (χ0n) is 11.2. The van der Waals surface area contributed by atoms with Crippen LogP contribution in [0.3, 0.4) is 0 Å². The van der Waals surface area contributed by atoms with Gasteiger partial charge in [-0.2, -0.15) is 0 Å². The van der Waals surface area contributed by atoms with Crippen molar-refractivity contribution in [3.8, 4) is 0 Å². The van der Waals surface area contributed by atoms with Crippen LogP contribution in [0.5, 0.6) is 0 Å². The maximum absolute atomic E-state index is 5.81. The van der Waals surface area contributed by atoms with E-state index in [1.807, 2.05) is 0 Å². The molecular weight excluding hydrogens is 202 g/mol. The fourth-order valence-electron chi connectivity index (χ4n) is 2.30. The monoisotopic (exact) mass is 227 g/mol. The topological polar surface area (TPSA) is 59.6 Å². The number of nitrogens with zero attached hydrogens (tertiary/aromatic N) is 1. The lowest BCUT2D eigenvalue weighted by molar-refractivity contribution is 0.0549. The Bertz CT molecular complexity index is 270. The van der Waals surface area contributed by atoms with Crippen molar-refractivity contribution in [2.24, 2.45) is 22.7 Å². The Morgan fingerprint density at radius 1 is 1.19 bits per heavy atom. The van der Waals surface area contributed by atoms with Gasteiger partial charge >= 0.3 is 0 Å². The van der Waals surface area contributed by atoms with E-state index in [9.17, 15) is 0 Å². The summed E-state index contributed by atoms with van der Waals surface area (Å²) in [5.74, 6) is 7.15. The van der Waals surface area contributed by atoms with Crippen LogP contribution < -0.4 is 11.3 Å². The third-order valence-electron chi connectivity index (χ3n) is 3.16. The first-order chi connectivity index (χ1) is 7.26. The SMILES string of the molecule is CC1OC(C)C(C(=NC(C)(C)C)NN)C1C. The van der Waals surface area contributed by atoms with Gasteiger partial charge < -0.3 is 10.2 Å². The number of nitrogens with two attached hydrogens (primary N) is 1. The molecule has 0 aromatic heterocycles. The Balaban J connectivity index is 2.93. The van der Waals surface area contributed by atoms with Crippen molar-refractivity contribution in [3.63, 3.8) is 0 Å². The van der Waals surface area contributed by atoms with Crippen molar-refractivity contribution in [3.05, 3.63) is 0 Å². The van der Waals surface area contributed by atoms with E-state index in [4.69, 9.17) is 10.6 Å². The predicted octanol–water partition coefficient (Wildman–Crippen LogP) is 1.71. The summed E-state index contributed by atoms with van der Waals surface area (Å²) in [6.07, 6.45) is 0.431. The molecule has 1 aliphatic rings. The molecule has 3 N–H and O–H groups in total. The first kappa shape index (κ1) is 13.5. The van der Waals surface area contributed by atoms with Crippen molar-refractivity contribution >= 4 is 5.84 Å². The summed E-state index contributed by atoms with van der Waals surface area (Å²) >= 11 is 0. The molecule has 0 bridgehead atoms. The molecular formula is C12H25N3O. The Morgan fingerprint density at radius 3 is 2.06 bits per heavy atom. The van der Waals surface area contributed by atoms with Crippen LogP contribution in [0.4, 0.5) is 0 Å². The number of rotatable bonds is 1. The van der Waals surface area contributed by atoms with Crippen LogP contribution in [0.1, 0.15) is 41.5 Å². The lowest BCUT2D eigenvalue weighted by atomic mass is 9.88. The van der Waals surface area contributed by atoms with Gasteiger partial charge in [0, 0.05) is 5.92 Å². The Labute approximate surface area is 98.6 Å². The quantitative estimate of drug-likeness (QED) is 0.310. The fourth-order valence-corrected chi connectivity index (χ4v) is 2.30. The summed E-state index contributed by atoms with van der Waals surface area (Å²) < 4.78 is 5.81. The molecule has 0 saturated carbocycles. The van der Waals surface area contributed by atoms with E-state index in [2.05, 4.69) is 52.0 Å². The second-order valence-corrected chi connectivity index (χ2v) is 5.74. The van der Waals surface area contributed by atoms with E-state index in [1.54, 1.807) is 0 Å². The lowest BCUT2D eigenvalue weighted by Gasteiger charge is -2.24. The molecule has 0 aromatic carbocycles. The van der Waals surface area contributed by atoms with Crippen molar-refractivity contribution in [1.29, 1.82) is 0 Å². The summed E-state index contributed by atoms with van der Waals surface area (Å²) in [6.45, 7) is 12.6. The Hall–Kier alpha value is -0.610. The van der Waals surface area contributed by atoms with Gasteiger partial charge in [-0.3, -0.25) is 4.99 Å². The third-order valence-corrected chi connectivity index (χ3v) is 3.16. The molecule has 4 atom stereocenters. The highest BCUT2D eigenvalue weighted by Gasteiger charge is 2.40. The molecule has 1 saturated heterocycles. The molecule has 0 amide bonds. The molecule has 4 heteroatoms. The third kappa shape index (κ3) is 2.95. The average Bonchev–Trinajstić information content (AvgIpc) is 2.37. The maximum atomic E-state index is 5.81. The van der Waals surface area contributed by atoms with Crippen LogP contribution in [0.25, 0.3) is 0 Å². The van der Waals surface area contributed by atoms with Gasteiger partial charge in [-0.15, -0.1) is 0 Å². The van der Waals surface area contributed by atoms with E-state index in [-0.39, 0.29) is 23.7 Å². The summed E-state index contributed by atoms with van der Waals surface area (Å²) in [7, 11) is 0. The molecule has 0 spiro atoms. The van der Waals surface area contributed by atoms with Gasteiger partial charge in [-0.25, -0.2) is 5.84 Å². The van der Waals surface area contributed by atoms with Gasteiger partial charge in [0.2, 0.25) is 0 Å². The standard InChI is InChI=1S/C12H25N3O/c1-7-8(2)16-9(3)10(7)11(15-13)14-12(4,5)6/h7-10H,13H2,1-6H3,(H,14,15). The number of nitrogens with one attached hydrogen (secondary N) is 1. The Kier molecular flexibility index (Phi) is 3.97. The van der Waals surface area contributed by atoms with Gasteiger partial charge in [0.25, 0.3) is 0 Å². The van der Waals surface area contributed by atoms with Gasteiger partial charge in [0.05, 0.1) is 17.7 Å². The minimum atomic E-state index is -0.118. The minimum Gasteiger partial charge on any atom is -0.374 e. The van der Waals surface area contributed by atoms with Crippen LogP contribution >= 0.6 is 0 Å². The van der Waals surface area contributed by atoms with E-state index in [1.165, 1.54) is 0 Å². The molecule has 94 valence electrons. The summed E-state index contributed by atoms with van der Waals surface area (Å²) in [5.41, 5.74) is 2.63. The van der Waals surface area contributed by atoms with Crippen molar-refractivity contribution in [2.75, 3.05) is 0 Å².